The lowest BCUT2D eigenvalue weighted by Gasteiger charge is -2.32. The van der Waals surface area contributed by atoms with Gasteiger partial charge in [-0.1, -0.05) is 0 Å². The molecule has 35 heavy (non-hydrogen) atoms. The number of hydrogen-bond acceptors (Lipinski definition) is 6. The number of carbonyl (C=O) groups is 1. The van der Waals surface area contributed by atoms with Gasteiger partial charge in [-0.05, 0) is 62.7 Å². The van der Waals surface area contributed by atoms with Gasteiger partial charge >= 0.3 is 0 Å². The monoisotopic (exact) mass is 478 g/mol. The molecule has 1 atom stereocenters. The summed E-state index contributed by atoms with van der Waals surface area (Å²) in [6.45, 7) is 3.44. The Hall–Kier alpha value is -3.39. The van der Waals surface area contributed by atoms with Crippen molar-refractivity contribution in [1.82, 2.24) is 15.6 Å². The van der Waals surface area contributed by atoms with E-state index in [1.807, 2.05) is 37.4 Å². The van der Waals surface area contributed by atoms with Gasteiger partial charge in [0.2, 0.25) is 5.91 Å². The van der Waals surface area contributed by atoms with Crippen LogP contribution in [-0.2, 0) is 4.79 Å². The molecule has 2 saturated heterocycles. The second-order valence-electron chi connectivity index (χ2n) is 9.32. The van der Waals surface area contributed by atoms with Crippen molar-refractivity contribution < 1.29 is 18.7 Å². The summed E-state index contributed by atoms with van der Waals surface area (Å²) in [5, 5.41) is 6.81. The number of methoxy groups -OCH3 is 1. The third kappa shape index (κ3) is 4.50. The van der Waals surface area contributed by atoms with E-state index in [2.05, 4.69) is 15.5 Å². The first-order chi connectivity index (χ1) is 17.0. The number of hydrogen-bond donors (Lipinski definition) is 2. The van der Waals surface area contributed by atoms with E-state index in [-0.39, 0.29) is 17.1 Å². The summed E-state index contributed by atoms with van der Waals surface area (Å²) in [6, 6.07) is 13.0. The summed E-state index contributed by atoms with van der Waals surface area (Å²) in [4.78, 5) is 19.8. The molecule has 2 aromatic carbocycles. The van der Waals surface area contributed by atoms with E-state index >= 15 is 0 Å². The molecule has 2 aliphatic rings. The Bertz CT molecular complexity index is 1230. The van der Waals surface area contributed by atoms with Gasteiger partial charge in [0.1, 0.15) is 12.4 Å². The fourth-order valence-electron chi connectivity index (χ4n) is 5.17. The number of aromatic nitrogens is 1. The molecule has 2 N–H and O–H groups in total. The lowest BCUT2D eigenvalue weighted by molar-refractivity contribution is -0.132. The molecule has 8 heteroatoms. The minimum absolute atomic E-state index is 0.131. The average molecular weight is 479 g/mol. The maximum Gasteiger partial charge on any atom is 0.228 e. The lowest BCUT2D eigenvalue weighted by atomic mass is 9.79. The molecule has 0 aliphatic carbocycles. The summed E-state index contributed by atoms with van der Waals surface area (Å²) in [6.07, 6.45) is 2.65. The Morgan fingerprint density at radius 3 is 2.77 bits per heavy atom. The number of halogens is 1. The molecule has 184 valence electrons. The molecule has 7 nitrogen and oxygen atoms in total. The Morgan fingerprint density at radius 2 is 2.03 bits per heavy atom. The van der Waals surface area contributed by atoms with Crippen molar-refractivity contribution in [2.24, 2.45) is 5.41 Å². The fourth-order valence-corrected chi connectivity index (χ4v) is 5.17. The number of piperidine rings is 1. The van der Waals surface area contributed by atoms with Crippen molar-refractivity contribution in [2.45, 2.75) is 19.3 Å². The highest BCUT2D eigenvalue weighted by Gasteiger charge is 2.46. The van der Waals surface area contributed by atoms with Crippen LogP contribution in [0.15, 0.2) is 42.5 Å². The number of benzene rings is 2. The SMILES string of the molecule is CNCCOc1ccc(-c2cc(N3CCC4(CCCNC4=O)C3)c3cc(F)c(OC)cc3n2)cc1. The first kappa shape index (κ1) is 23.4. The van der Waals surface area contributed by atoms with Crippen molar-refractivity contribution >= 4 is 22.5 Å². The number of carbonyl (C=O) groups excluding carboxylic acids is 1. The number of nitrogens with one attached hydrogen (secondary N) is 2. The molecule has 2 fully saturated rings. The molecule has 0 saturated carbocycles. The molecule has 2 aliphatic heterocycles. The number of fused-ring (bicyclic) bond motifs is 1. The van der Waals surface area contributed by atoms with Crippen LogP contribution in [0.5, 0.6) is 11.5 Å². The van der Waals surface area contributed by atoms with Crippen molar-refractivity contribution in [3.8, 4) is 22.8 Å². The highest BCUT2D eigenvalue weighted by atomic mass is 19.1. The Morgan fingerprint density at radius 1 is 1.20 bits per heavy atom. The number of amides is 1. The zero-order chi connectivity index (χ0) is 24.4. The highest BCUT2D eigenvalue weighted by molar-refractivity contribution is 5.96. The molecule has 3 aromatic rings. The zero-order valence-corrected chi connectivity index (χ0v) is 20.2. The predicted molar refractivity (Wildman–Crippen MR) is 135 cm³/mol. The van der Waals surface area contributed by atoms with Gasteiger partial charge in [0.15, 0.2) is 11.6 Å². The Kier molecular flexibility index (Phi) is 6.47. The third-order valence-corrected chi connectivity index (χ3v) is 7.13. The molecule has 1 aromatic heterocycles. The van der Waals surface area contributed by atoms with Gasteiger partial charge < -0.3 is 25.0 Å². The van der Waals surface area contributed by atoms with Crippen molar-refractivity contribution in [3.63, 3.8) is 0 Å². The van der Waals surface area contributed by atoms with E-state index in [4.69, 9.17) is 14.5 Å². The quantitative estimate of drug-likeness (QED) is 0.504. The van der Waals surface area contributed by atoms with E-state index in [1.54, 1.807) is 6.07 Å². The molecule has 0 radical (unpaired) electrons. The molecule has 3 heterocycles. The molecular formula is C27H31FN4O3. The third-order valence-electron chi connectivity index (χ3n) is 7.13. The van der Waals surface area contributed by atoms with Crippen LogP contribution in [0.2, 0.25) is 0 Å². The highest BCUT2D eigenvalue weighted by Crippen LogP contribution is 2.42. The predicted octanol–water partition coefficient (Wildman–Crippen LogP) is 3.75. The maximum absolute atomic E-state index is 14.7. The maximum atomic E-state index is 14.7. The fraction of sp³-hybridized carbons (Fsp3) is 0.407. The zero-order valence-electron chi connectivity index (χ0n) is 20.2. The largest absolute Gasteiger partial charge is 0.494 e. The number of rotatable bonds is 7. The van der Waals surface area contributed by atoms with Crippen LogP contribution in [0.3, 0.4) is 0 Å². The first-order valence-corrected chi connectivity index (χ1v) is 12.1. The van der Waals surface area contributed by atoms with Gasteiger partial charge in [-0.15, -0.1) is 0 Å². The van der Waals surface area contributed by atoms with Gasteiger partial charge in [-0.25, -0.2) is 9.37 Å². The van der Waals surface area contributed by atoms with Gasteiger partial charge in [0.05, 0.1) is 23.7 Å². The second-order valence-corrected chi connectivity index (χ2v) is 9.32. The minimum atomic E-state index is -0.428. The summed E-state index contributed by atoms with van der Waals surface area (Å²) in [5.41, 5.74) is 2.86. The van der Waals surface area contributed by atoms with Gasteiger partial charge in [-0.2, -0.15) is 0 Å². The standard InChI is InChI=1S/C27H31FN4O3/c1-29-11-13-35-19-6-4-18(5-7-19)22-15-24(20-14-21(28)25(34-2)16-23(20)31-22)32-12-9-27(17-32)8-3-10-30-26(27)33/h4-7,14-16,29H,3,8-13,17H2,1-2H3,(H,30,33). The van der Waals surface area contributed by atoms with E-state index < -0.39 is 5.82 Å². The summed E-state index contributed by atoms with van der Waals surface area (Å²) in [7, 11) is 3.34. The Labute approximate surface area is 204 Å². The normalized spacial score (nSPS) is 19.9. The number of nitrogens with zero attached hydrogens (tertiary/aromatic N) is 2. The van der Waals surface area contributed by atoms with Gasteiger partial charge in [-0.3, -0.25) is 4.79 Å². The van der Waals surface area contributed by atoms with Crippen molar-refractivity contribution in [3.05, 3.63) is 48.3 Å². The van der Waals surface area contributed by atoms with Crippen LogP contribution < -0.4 is 25.0 Å². The molecule has 1 unspecified atom stereocenters. The van der Waals surface area contributed by atoms with Crippen LogP contribution in [0.1, 0.15) is 19.3 Å². The number of pyridine rings is 1. The molecule has 1 amide bonds. The molecule has 0 bridgehead atoms. The summed E-state index contributed by atoms with van der Waals surface area (Å²) < 4.78 is 25.7. The molecule has 1 spiro atoms. The number of likely N-dealkylation sites (N-methyl/N-ethyl adjacent to an activating group) is 1. The summed E-state index contributed by atoms with van der Waals surface area (Å²) in [5.74, 6) is 0.652. The van der Waals surface area contributed by atoms with Crippen LogP contribution in [0.4, 0.5) is 10.1 Å². The average Bonchev–Trinajstić information content (AvgIpc) is 3.30. The number of ether oxygens (including phenoxy) is 2. The number of anilines is 1. The lowest BCUT2D eigenvalue weighted by Crippen LogP contribution is -2.47. The summed E-state index contributed by atoms with van der Waals surface area (Å²) >= 11 is 0. The van der Waals surface area contributed by atoms with Crippen LogP contribution in [-0.4, -0.2) is 57.8 Å². The smallest absolute Gasteiger partial charge is 0.228 e. The second kappa shape index (κ2) is 9.70. The Balaban J connectivity index is 1.54. The van der Waals surface area contributed by atoms with E-state index in [0.717, 1.165) is 61.6 Å². The van der Waals surface area contributed by atoms with E-state index in [0.29, 0.717) is 24.1 Å². The topological polar surface area (TPSA) is 75.7 Å². The van der Waals surface area contributed by atoms with Gasteiger partial charge in [0, 0.05) is 48.9 Å². The first-order valence-electron chi connectivity index (χ1n) is 12.1. The van der Waals surface area contributed by atoms with Crippen molar-refractivity contribution in [1.29, 1.82) is 0 Å². The molecular weight excluding hydrogens is 447 g/mol. The van der Waals surface area contributed by atoms with E-state index in [1.165, 1.54) is 13.2 Å². The molecule has 5 rings (SSSR count). The van der Waals surface area contributed by atoms with Crippen LogP contribution in [0, 0.1) is 11.2 Å². The van der Waals surface area contributed by atoms with Crippen molar-refractivity contribution in [2.75, 3.05) is 51.8 Å². The van der Waals surface area contributed by atoms with Crippen LogP contribution >= 0.6 is 0 Å². The van der Waals surface area contributed by atoms with E-state index in [9.17, 15) is 9.18 Å². The minimum Gasteiger partial charge on any atom is -0.494 e. The van der Waals surface area contributed by atoms with Crippen LogP contribution in [0.25, 0.3) is 22.2 Å². The van der Waals surface area contributed by atoms with Gasteiger partial charge in [0.25, 0.3) is 0 Å².